The molecule has 0 aliphatic heterocycles. The maximum absolute atomic E-state index is 10.7. The van der Waals surface area contributed by atoms with Gasteiger partial charge in [-0.15, -0.1) is 0 Å². The fourth-order valence-electron chi connectivity index (χ4n) is 1.85. The fraction of sp³-hybridized carbons (Fsp3) is 0.625. The lowest BCUT2D eigenvalue weighted by atomic mass is 9.97. The maximum Gasteiger partial charge on any atom is 0.323 e. The second-order valence-electron chi connectivity index (χ2n) is 3.76. The Morgan fingerprint density at radius 2 is 1.33 bits per heavy atom. The van der Waals surface area contributed by atoms with Crippen LogP contribution in [0.1, 0.15) is 12.8 Å². The number of carboxylic acid groups (broad SMARTS) is 3. The van der Waals surface area contributed by atoms with Crippen molar-refractivity contribution in [3.8, 4) is 0 Å². The smallest absolute Gasteiger partial charge is 0.323 e. The molecule has 1 fully saturated rings. The average Bonchev–Trinajstić information content (AvgIpc) is 2.45. The SMILES string of the molecule is NC1(C(=O)O)C[C@@H](C(=O)O)[C@H](C(=O)O)C1. The lowest BCUT2D eigenvalue weighted by Crippen LogP contribution is -2.46. The highest BCUT2D eigenvalue weighted by Gasteiger charge is 2.53. The normalized spacial score (nSPS) is 28.6. The third kappa shape index (κ3) is 1.91. The third-order valence-corrected chi connectivity index (χ3v) is 2.71. The van der Waals surface area contributed by atoms with Crippen LogP contribution in [0.25, 0.3) is 0 Å². The molecule has 1 saturated carbocycles. The van der Waals surface area contributed by atoms with Gasteiger partial charge in [0.05, 0.1) is 11.8 Å². The fourth-order valence-corrected chi connectivity index (χ4v) is 1.85. The summed E-state index contributed by atoms with van der Waals surface area (Å²) in [6, 6.07) is 0. The monoisotopic (exact) mass is 217 g/mol. The zero-order valence-corrected chi connectivity index (χ0v) is 7.71. The van der Waals surface area contributed by atoms with Gasteiger partial charge in [0.15, 0.2) is 0 Å². The predicted molar refractivity (Wildman–Crippen MR) is 46.0 cm³/mol. The first-order valence-corrected chi connectivity index (χ1v) is 4.26. The highest BCUT2D eigenvalue weighted by atomic mass is 16.4. The predicted octanol–water partition coefficient (Wildman–Crippen LogP) is -1.04. The van der Waals surface area contributed by atoms with Crippen molar-refractivity contribution in [2.75, 3.05) is 0 Å². The van der Waals surface area contributed by atoms with E-state index in [0.29, 0.717) is 0 Å². The average molecular weight is 217 g/mol. The minimum atomic E-state index is -1.74. The first kappa shape index (κ1) is 11.4. The Labute approximate surface area is 84.5 Å². The lowest BCUT2D eigenvalue weighted by Gasteiger charge is -2.16. The zero-order valence-electron chi connectivity index (χ0n) is 7.71. The van der Waals surface area contributed by atoms with E-state index in [4.69, 9.17) is 21.1 Å². The van der Waals surface area contributed by atoms with E-state index in [1.807, 2.05) is 0 Å². The summed E-state index contributed by atoms with van der Waals surface area (Å²) in [7, 11) is 0. The van der Waals surface area contributed by atoms with Crippen molar-refractivity contribution in [1.29, 1.82) is 0 Å². The Hall–Kier alpha value is -1.63. The van der Waals surface area contributed by atoms with Crippen LogP contribution in [0.4, 0.5) is 0 Å². The quantitative estimate of drug-likeness (QED) is 0.473. The third-order valence-electron chi connectivity index (χ3n) is 2.71. The summed E-state index contributed by atoms with van der Waals surface area (Å²) in [5.74, 6) is -6.48. The molecule has 5 N–H and O–H groups in total. The van der Waals surface area contributed by atoms with Gasteiger partial charge in [0.2, 0.25) is 0 Å². The second-order valence-corrected chi connectivity index (χ2v) is 3.76. The topological polar surface area (TPSA) is 138 Å². The van der Waals surface area contributed by atoms with E-state index in [9.17, 15) is 14.4 Å². The van der Waals surface area contributed by atoms with Gasteiger partial charge in [0.25, 0.3) is 0 Å². The minimum absolute atomic E-state index is 0.353. The minimum Gasteiger partial charge on any atom is -0.481 e. The summed E-state index contributed by atoms with van der Waals surface area (Å²) < 4.78 is 0. The molecule has 2 atom stereocenters. The highest BCUT2D eigenvalue weighted by Crippen LogP contribution is 2.38. The number of aliphatic carboxylic acids is 3. The molecule has 0 aromatic carbocycles. The van der Waals surface area contributed by atoms with Crippen LogP contribution in [0.2, 0.25) is 0 Å². The molecule has 1 aliphatic rings. The van der Waals surface area contributed by atoms with Crippen LogP contribution in [0.15, 0.2) is 0 Å². The van der Waals surface area contributed by atoms with Gasteiger partial charge in [-0.1, -0.05) is 0 Å². The second kappa shape index (κ2) is 3.50. The summed E-state index contributed by atoms with van der Waals surface area (Å²) in [4.78, 5) is 32.2. The summed E-state index contributed by atoms with van der Waals surface area (Å²) in [6.45, 7) is 0. The Balaban J connectivity index is 2.97. The number of hydrogen-bond acceptors (Lipinski definition) is 4. The van der Waals surface area contributed by atoms with E-state index in [-0.39, 0.29) is 12.8 Å². The van der Waals surface area contributed by atoms with E-state index in [1.54, 1.807) is 0 Å². The van der Waals surface area contributed by atoms with E-state index < -0.39 is 35.3 Å². The molecule has 0 spiro atoms. The molecule has 0 saturated heterocycles. The van der Waals surface area contributed by atoms with Gasteiger partial charge in [0, 0.05) is 0 Å². The Morgan fingerprint density at radius 3 is 1.53 bits per heavy atom. The van der Waals surface area contributed by atoms with Gasteiger partial charge in [0.1, 0.15) is 5.54 Å². The van der Waals surface area contributed by atoms with E-state index >= 15 is 0 Å². The van der Waals surface area contributed by atoms with Crippen molar-refractivity contribution in [3.63, 3.8) is 0 Å². The first-order chi connectivity index (χ1) is 6.78. The summed E-state index contributed by atoms with van der Waals surface area (Å²) in [6.07, 6.45) is -0.705. The largest absolute Gasteiger partial charge is 0.481 e. The van der Waals surface area contributed by atoms with Crippen LogP contribution in [0.3, 0.4) is 0 Å². The summed E-state index contributed by atoms with van der Waals surface area (Å²) >= 11 is 0. The van der Waals surface area contributed by atoms with Crippen LogP contribution in [0.5, 0.6) is 0 Å². The Morgan fingerprint density at radius 1 is 1.00 bits per heavy atom. The van der Waals surface area contributed by atoms with Crippen molar-refractivity contribution >= 4 is 17.9 Å². The van der Waals surface area contributed by atoms with E-state index in [2.05, 4.69) is 0 Å². The van der Waals surface area contributed by atoms with E-state index in [1.165, 1.54) is 0 Å². The van der Waals surface area contributed by atoms with Crippen LogP contribution in [-0.2, 0) is 14.4 Å². The van der Waals surface area contributed by atoms with Crippen molar-refractivity contribution in [3.05, 3.63) is 0 Å². The van der Waals surface area contributed by atoms with Crippen molar-refractivity contribution < 1.29 is 29.7 Å². The maximum atomic E-state index is 10.7. The molecule has 84 valence electrons. The molecule has 0 heterocycles. The van der Waals surface area contributed by atoms with E-state index in [0.717, 1.165) is 0 Å². The number of carboxylic acids is 3. The molecular formula is C8H11NO6. The first-order valence-electron chi connectivity index (χ1n) is 4.26. The Bertz CT molecular complexity index is 303. The molecule has 7 nitrogen and oxygen atoms in total. The highest BCUT2D eigenvalue weighted by molar-refractivity contribution is 5.86. The Kier molecular flexibility index (Phi) is 2.67. The molecule has 1 aliphatic carbocycles. The molecular weight excluding hydrogens is 206 g/mol. The standard InChI is InChI=1S/C8H11NO6/c9-8(7(14)15)1-3(5(10)11)4(2-8)6(12)13/h3-4H,1-2,9H2,(H,10,11)(H,12,13)(H,14,15)/t3-,4-/m1/s1. The molecule has 7 heteroatoms. The van der Waals surface area contributed by atoms with Crippen LogP contribution in [-0.4, -0.2) is 38.8 Å². The number of nitrogens with two attached hydrogens (primary N) is 1. The van der Waals surface area contributed by atoms with Crippen molar-refractivity contribution in [1.82, 2.24) is 0 Å². The molecule has 0 amide bonds. The van der Waals surface area contributed by atoms with Gasteiger partial charge >= 0.3 is 17.9 Å². The molecule has 0 aromatic rings. The van der Waals surface area contributed by atoms with Gasteiger partial charge in [-0.25, -0.2) is 0 Å². The number of hydrogen-bond donors (Lipinski definition) is 4. The summed E-state index contributed by atoms with van der Waals surface area (Å²) in [5, 5.41) is 26.2. The molecule has 0 radical (unpaired) electrons. The van der Waals surface area contributed by atoms with Gasteiger partial charge < -0.3 is 21.1 Å². The van der Waals surface area contributed by atoms with Crippen molar-refractivity contribution in [2.45, 2.75) is 18.4 Å². The van der Waals surface area contributed by atoms with Gasteiger partial charge in [-0.2, -0.15) is 0 Å². The number of carbonyl (C=O) groups is 3. The summed E-state index contributed by atoms with van der Waals surface area (Å²) in [5.41, 5.74) is 3.69. The van der Waals surface area contributed by atoms with Crippen molar-refractivity contribution in [2.24, 2.45) is 17.6 Å². The molecule has 1 rings (SSSR count). The van der Waals surface area contributed by atoms with Gasteiger partial charge in [-0.3, -0.25) is 14.4 Å². The molecule has 15 heavy (non-hydrogen) atoms. The van der Waals surface area contributed by atoms with Crippen LogP contribution in [0, 0.1) is 11.8 Å². The molecule has 0 aromatic heterocycles. The zero-order chi connectivity index (χ0) is 11.8. The van der Waals surface area contributed by atoms with Crippen LogP contribution < -0.4 is 5.73 Å². The van der Waals surface area contributed by atoms with Gasteiger partial charge in [-0.05, 0) is 12.8 Å². The molecule has 0 bridgehead atoms. The number of rotatable bonds is 3. The van der Waals surface area contributed by atoms with Crippen LogP contribution >= 0.6 is 0 Å². The molecule has 0 unspecified atom stereocenters. The lowest BCUT2D eigenvalue weighted by molar-refractivity contribution is -0.152.